The fourth-order valence-electron chi connectivity index (χ4n) is 4.67. The summed E-state index contributed by atoms with van der Waals surface area (Å²) in [4.78, 5) is 21.9. The smallest absolute Gasteiger partial charge is 0.282 e. The molecule has 0 amide bonds. The molecule has 0 saturated carbocycles. The first-order valence-corrected chi connectivity index (χ1v) is 13.4. The van der Waals surface area contributed by atoms with Crippen molar-refractivity contribution in [2.45, 2.75) is 72.3 Å². The zero-order valence-electron chi connectivity index (χ0n) is 22.3. The van der Waals surface area contributed by atoms with Gasteiger partial charge in [-0.2, -0.15) is 5.10 Å². The molecule has 0 fully saturated rings. The number of ketones is 1. The fourth-order valence-corrected chi connectivity index (χ4v) is 4.67. The number of benzene rings is 1. The summed E-state index contributed by atoms with van der Waals surface area (Å²) < 4.78 is 36.4. The maximum Gasteiger partial charge on any atom is 0.282 e. The van der Waals surface area contributed by atoms with E-state index >= 15 is 0 Å². The van der Waals surface area contributed by atoms with E-state index in [1.165, 1.54) is 0 Å². The van der Waals surface area contributed by atoms with Crippen LogP contribution in [0.5, 0.6) is 0 Å². The number of rotatable bonds is 14. The number of imidazole rings is 1. The minimum atomic E-state index is -2.69. The molecule has 0 saturated heterocycles. The third-order valence-corrected chi connectivity index (χ3v) is 6.49. The van der Waals surface area contributed by atoms with Crippen molar-refractivity contribution in [1.29, 1.82) is 0 Å². The number of carbonyl (C=O) groups excluding carboxylic acids is 1. The van der Waals surface area contributed by atoms with E-state index in [9.17, 15) is 13.6 Å². The molecule has 4 aromatic rings. The molecule has 0 aliphatic rings. The summed E-state index contributed by atoms with van der Waals surface area (Å²) in [6, 6.07) is 5.91. The Bertz CT molecular complexity index is 1380. The van der Waals surface area contributed by atoms with Crippen LogP contribution in [-0.2, 0) is 24.1 Å². The lowest BCUT2D eigenvalue weighted by Crippen LogP contribution is -2.07. The highest BCUT2D eigenvalue weighted by molar-refractivity contribution is 5.97. The molecule has 0 spiro atoms. The predicted octanol–water partition coefficient (Wildman–Crippen LogP) is 6.48. The molecule has 0 aliphatic carbocycles. The second kappa shape index (κ2) is 12.9. The molecule has 3 aromatic heterocycles. The van der Waals surface area contributed by atoms with Crippen molar-refractivity contribution < 1.29 is 18.3 Å². The third kappa shape index (κ3) is 6.15. The van der Waals surface area contributed by atoms with Crippen LogP contribution in [0.3, 0.4) is 0 Å². The van der Waals surface area contributed by atoms with Gasteiger partial charge in [0.05, 0.1) is 17.6 Å². The molecule has 0 bridgehead atoms. The zero-order valence-corrected chi connectivity index (χ0v) is 22.3. The first-order chi connectivity index (χ1) is 18.5. The highest BCUT2D eigenvalue weighted by Crippen LogP contribution is 2.31. The molecule has 0 aliphatic heterocycles. The molecule has 0 radical (unpaired) electrons. The molecule has 7 nitrogen and oxygen atoms in total. The van der Waals surface area contributed by atoms with Crippen LogP contribution >= 0.6 is 0 Å². The molecule has 1 aromatic carbocycles. The summed E-state index contributed by atoms with van der Waals surface area (Å²) in [5.41, 5.74) is 4.78. The van der Waals surface area contributed by atoms with E-state index in [4.69, 9.17) is 4.74 Å². The van der Waals surface area contributed by atoms with Crippen molar-refractivity contribution in [3.8, 4) is 11.3 Å². The lowest BCUT2D eigenvalue weighted by Gasteiger charge is -2.11. The average Bonchev–Trinajstić information content (AvgIpc) is 3.53. The molecule has 3 heterocycles. The van der Waals surface area contributed by atoms with Crippen LogP contribution in [0.25, 0.3) is 16.9 Å². The second-order valence-corrected chi connectivity index (χ2v) is 9.36. The molecular weight excluding hydrogens is 488 g/mol. The van der Waals surface area contributed by atoms with Gasteiger partial charge in [0.1, 0.15) is 5.69 Å². The number of aromatic nitrogens is 5. The number of nitrogens with zero attached hydrogens (tertiary/aromatic N) is 5. The van der Waals surface area contributed by atoms with Crippen LogP contribution in [0, 0.1) is 0 Å². The number of fused-ring (bicyclic) bond motifs is 1. The van der Waals surface area contributed by atoms with Gasteiger partial charge in [0.15, 0.2) is 11.4 Å². The number of carbonyl (C=O) groups is 1. The van der Waals surface area contributed by atoms with Crippen molar-refractivity contribution in [3.05, 3.63) is 71.1 Å². The number of halogens is 2. The van der Waals surface area contributed by atoms with Gasteiger partial charge < -0.3 is 4.74 Å². The van der Waals surface area contributed by atoms with E-state index in [0.29, 0.717) is 49.3 Å². The normalized spacial score (nSPS) is 11.6. The summed E-state index contributed by atoms with van der Waals surface area (Å²) in [7, 11) is 0. The molecule has 202 valence electrons. The Morgan fingerprint density at radius 1 is 1.11 bits per heavy atom. The van der Waals surface area contributed by atoms with Crippen LogP contribution in [0.1, 0.15) is 85.8 Å². The fraction of sp³-hybridized carbons (Fsp3) is 0.448. The van der Waals surface area contributed by atoms with Crippen LogP contribution in [0.15, 0.2) is 43.0 Å². The first kappa shape index (κ1) is 27.6. The van der Waals surface area contributed by atoms with E-state index in [0.717, 1.165) is 48.3 Å². The summed E-state index contributed by atoms with van der Waals surface area (Å²) in [5, 5.41) is 4.10. The van der Waals surface area contributed by atoms with E-state index in [1.54, 1.807) is 33.9 Å². The van der Waals surface area contributed by atoms with E-state index in [-0.39, 0.29) is 11.5 Å². The Kier molecular flexibility index (Phi) is 9.33. The molecule has 0 unspecified atom stereocenters. The first-order valence-electron chi connectivity index (χ1n) is 13.4. The number of hydrogen-bond acceptors (Lipinski definition) is 5. The lowest BCUT2D eigenvalue weighted by atomic mass is 9.95. The summed E-state index contributed by atoms with van der Waals surface area (Å²) in [6.07, 6.45) is 8.15. The van der Waals surface area contributed by atoms with Gasteiger partial charge in [0, 0.05) is 62.3 Å². The van der Waals surface area contributed by atoms with E-state index < -0.39 is 6.43 Å². The molecular formula is C29H35F2N5O2. The van der Waals surface area contributed by atoms with Gasteiger partial charge in [0.25, 0.3) is 6.43 Å². The predicted molar refractivity (Wildman–Crippen MR) is 143 cm³/mol. The van der Waals surface area contributed by atoms with Gasteiger partial charge in [-0.3, -0.25) is 18.9 Å². The van der Waals surface area contributed by atoms with Crippen LogP contribution < -0.4 is 0 Å². The minimum absolute atomic E-state index is 0.130. The van der Waals surface area contributed by atoms with Crippen molar-refractivity contribution in [2.24, 2.45) is 0 Å². The van der Waals surface area contributed by atoms with Gasteiger partial charge in [-0.05, 0) is 36.8 Å². The molecule has 0 N–H and O–H groups in total. The van der Waals surface area contributed by atoms with Crippen LogP contribution in [0.4, 0.5) is 8.78 Å². The van der Waals surface area contributed by atoms with Crippen LogP contribution in [0.2, 0.25) is 0 Å². The highest BCUT2D eigenvalue weighted by atomic mass is 19.3. The Balaban J connectivity index is 1.57. The van der Waals surface area contributed by atoms with Crippen LogP contribution in [-0.4, -0.2) is 43.1 Å². The van der Waals surface area contributed by atoms with Gasteiger partial charge in [-0.25, -0.2) is 13.8 Å². The van der Waals surface area contributed by atoms with Gasteiger partial charge >= 0.3 is 0 Å². The van der Waals surface area contributed by atoms with Gasteiger partial charge in [0.2, 0.25) is 0 Å². The molecule has 38 heavy (non-hydrogen) atoms. The van der Waals surface area contributed by atoms with Gasteiger partial charge in [-0.15, -0.1) is 0 Å². The SMILES string of the molecule is CCCOCCCC(=O)c1ccc(Cc2nccn3c(-c4cn(CCC)nc4C(F)F)cnc23)cc1CC. The zero-order chi connectivity index (χ0) is 27.1. The standard InChI is InChI=1S/C29H35F2N5O2/c1-4-12-35-19-23(27(34-35)28(30)31)25-18-33-29-24(32-11-13-36(25)29)17-20-9-10-22(21(6-3)16-20)26(37)8-7-15-38-14-5-2/h9-11,13,16,18-19,28H,4-8,12,14-15,17H2,1-3H3. The number of alkyl halides is 2. The topological polar surface area (TPSA) is 74.3 Å². The maximum absolute atomic E-state index is 13.8. The Morgan fingerprint density at radius 2 is 1.95 bits per heavy atom. The van der Waals surface area contributed by atoms with Crippen molar-refractivity contribution in [1.82, 2.24) is 24.1 Å². The molecule has 4 rings (SSSR count). The number of aryl methyl sites for hydroxylation is 2. The Labute approximate surface area is 221 Å². The summed E-state index contributed by atoms with van der Waals surface area (Å²) in [6.45, 7) is 7.96. The van der Waals surface area contributed by atoms with Gasteiger partial charge in [-0.1, -0.05) is 39.0 Å². The Morgan fingerprint density at radius 3 is 2.68 bits per heavy atom. The lowest BCUT2D eigenvalue weighted by molar-refractivity contribution is 0.0937. The molecule has 0 atom stereocenters. The minimum Gasteiger partial charge on any atom is -0.381 e. The Hall–Kier alpha value is -3.46. The largest absolute Gasteiger partial charge is 0.381 e. The van der Waals surface area contributed by atoms with E-state index in [1.807, 2.05) is 26.0 Å². The second-order valence-electron chi connectivity index (χ2n) is 9.36. The summed E-state index contributed by atoms with van der Waals surface area (Å²) >= 11 is 0. The van der Waals surface area contributed by atoms with Crippen molar-refractivity contribution in [2.75, 3.05) is 13.2 Å². The van der Waals surface area contributed by atoms with E-state index in [2.05, 4.69) is 28.1 Å². The number of hydrogen-bond donors (Lipinski definition) is 0. The monoisotopic (exact) mass is 523 g/mol. The van der Waals surface area contributed by atoms with Crippen molar-refractivity contribution >= 4 is 11.4 Å². The third-order valence-electron chi connectivity index (χ3n) is 6.49. The summed E-state index contributed by atoms with van der Waals surface area (Å²) in [5.74, 6) is 0.130. The quantitative estimate of drug-likeness (QED) is 0.140. The highest BCUT2D eigenvalue weighted by Gasteiger charge is 2.22. The maximum atomic E-state index is 13.8. The number of ether oxygens (including phenoxy) is 1. The van der Waals surface area contributed by atoms with Crippen molar-refractivity contribution in [3.63, 3.8) is 0 Å². The molecule has 9 heteroatoms. The average molecular weight is 524 g/mol. The number of Topliss-reactive ketones (excluding diaryl/α,β-unsaturated/α-hetero) is 1.